The molecule has 0 bridgehead atoms. The van der Waals surface area contributed by atoms with Gasteiger partial charge in [0.15, 0.2) is 0 Å². The molecule has 0 heterocycles. The minimum atomic E-state index is 0. The minimum absolute atomic E-state index is 0. The van der Waals surface area contributed by atoms with E-state index in [1.165, 1.54) is 0 Å². The number of hydrogen-bond donors (Lipinski definition) is 0. The molecule has 4 rings (SSSR count). The molecule has 0 N–H and O–H groups in total. The molecule has 0 aliphatic heterocycles. The molecule has 0 radical (unpaired) electrons. The van der Waals surface area contributed by atoms with Gasteiger partial charge in [0.05, 0.1) is 3.23 Å². The molecule has 4 saturated carbocycles. The van der Waals surface area contributed by atoms with E-state index in [9.17, 15) is 0 Å². The fourth-order valence-electron chi connectivity index (χ4n) is 2.36. The second kappa shape index (κ2) is 9.27. The molecule has 0 aromatic carbocycles. The zero-order chi connectivity index (χ0) is 12.2. The largest absolute Gasteiger partial charge is 1.00 e. The standard InChI is InChI=1S/C5H6Br2Cl2.C5H6.CH3Br.CH3.ClH.2Li/c6-5(7)1-4(5,2-8)3-9;1-4-2-5(1,4)3-4;1-2;;;;/h1-3H2;1-3H2;1H3;1H3;1H;;/q;;;-1;;2*+1/p-1. The fourth-order valence-corrected chi connectivity index (χ4v) is 5.57. The van der Waals surface area contributed by atoms with E-state index in [0.717, 1.165) is 17.3 Å². The summed E-state index contributed by atoms with van der Waals surface area (Å²) in [6.45, 7) is 0. The third-order valence-electron chi connectivity index (χ3n) is 4.50. The molecular formula is C12H18Br3Cl3Li2. The molecule has 0 atom stereocenters. The van der Waals surface area contributed by atoms with Crippen LogP contribution in [0.2, 0.25) is 0 Å². The van der Waals surface area contributed by atoms with E-state index in [2.05, 4.69) is 47.8 Å². The van der Waals surface area contributed by atoms with Gasteiger partial charge in [-0.3, -0.25) is 0 Å². The van der Waals surface area contributed by atoms with Gasteiger partial charge in [-0.15, -0.1) is 23.2 Å². The Kier molecular flexibility index (Phi) is 13.1. The van der Waals surface area contributed by atoms with E-state index in [1.54, 1.807) is 19.3 Å². The van der Waals surface area contributed by atoms with Crippen molar-refractivity contribution in [1.29, 1.82) is 0 Å². The van der Waals surface area contributed by atoms with Gasteiger partial charge in [0.25, 0.3) is 0 Å². The van der Waals surface area contributed by atoms with Crippen LogP contribution in [0.5, 0.6) is 0 Å². The Bertz CT molecular complexity index is 281. The summed E-state index contributed by atoms with van der Waals surface area (Å²) in [6.07, 6.45) is 5.90. The second-order valence-electron chi connectivity index (χ2n) is 5.52. The zero-order valence-corrected chi connectivity index (χ0v) is 19.5. The first-order valence-corrected chi connectivity index (χ1v) is 9.57. The molecule has 4 aliphatic carbocycles. The van der Waals surface area contributed by atoms with Gasteiger partial charge < -0.3 is 19.8 Å². The Morgan fingerprint density at radius 3 is 1.05 bits per heavy atom. The van der Waals surface area contributed by atoms with Gasteiger partial charge in [0, 0.05) is 17.2 Å². The van der Waals surface area contributed by atoms with E-state index >= 15 is 0 Å². The van der Waals surface area contributed by atoms with Crippen molar-refractivity contribution in [2.24, 2.45) is 16.2 Å². The van der Waals surface area contributed by atoms with E-state index in [0.29, 0.717) is 11.8 Å². The maximum atomic E-state index is 5.70. The van der Waals surface area contributed by atoms with Crippen LogP contribution in [-0.4, -0.2) is 20.8 Å². The topological polar surface area (TPSA) is 0 Å². The minimum Gasteiger partial charge on any atom is -1.00 e. The number of alkyl halides is 5. The van der Waals surface area contributed by atoms with Gasteiger partial charge in [-0.1, -0.05) is 47.8 Å². The summed E-state index contributed by atoms with van der Waals surface area (Å²) in [6, 6.07) is 0. The van der Waals surface area contributed by atoms with E-state index in [4.69, 9.17) is 23.2 Å². The molecule has 4 aliphatic rings. The molecule has 20 heavy (non-hydrogen) atoms. The predicted octanol–water partition coefficient (Wildman–Crippen LogP) is -3.02. The van der Waals surface area contributed by atoms with Gasteiger partial charge in [-0.2, -0.15) is 0 Å². The molecule has 0 aromatic rings. The van der Waals surface area contributed by atoms with Crippen LogP contribution in [0.1, 0.15) is 25.7 Å². The first kappa shape index (κ1) is 28.3. The first-order valence-electron chi connectivity index (χ1n) is 5.33. The van der Waals surface area contributed by atoms with Gasteiger partial charge in [-0.25, -0.2) is 0 Å². The van der Waals surface area contributed by atoms with E-state index in [-0.39, 0.29) is 66.2 Å². The molecule has 110 valence electrons. The third-order valence-corrected chi connectivity index (χ3v) is 7.77. The third kappa shape index (κ3) is 4.78. The van der Waals surface area contributed by atoms with Crippen molar-refractivity contribution in [3.63, 3.8) is 0 Å². The van der Waals surface area contributed by atoms with Crippen LogP contribution in [0.3, 0.4) is 0 Å². The van der Waals surface area contributed by atoms with Crippen LogP contribution < -0.4 is 50.1 Å². The van der Waals surface area contributed by atoms with Crippen LogP contribution in [0.15, 0.2) is 0 Å². The van der Waals surface area contributed by atoms with Crippen LogP contribution in [0, 0.1) is 23.7 Å². The monoisotopic (exact) mass is 518 g/mol. The van der Waals surface area contributed by atoms with E-state index < -0.39 is 0 Å². The Morgan fingerprint density at radius 1 is 0.850 bits per heavy atom. The Labute approximate surface area is 189 Å². The number of halogens is 6. The quantitative estimate of drug-likeness (QED) is 0.206. The number of hydrogen-bond acceptors (Lipinski definition) is 0. The fraction of sp³-hybridized carbons (Fsp3) is 0.917. The summed E-state index contributed by atoms with van der Waals surface area (Å²) >= 11 is 21.3. The predicted molar refractivity (Wildman–Crippen MR) is 89.1 cm³/mol. The van der Waals surface area contributed by atoms with Gasteiger partial charge in [0.1, 0.15) is 0 Å². The maximum Gasteiger partial charge on any atom is 1.00 e. The summed E-state index contributed by atoms with van der Waals surface area (Å²) in [4.78, 5) is 0. The van der Waals surface area contributed by atoms with Crippen molar-refractivity contribution in [1.82, 2.24) is 0 Å². The van der Waals surface area contributed by atoms with Crippen molar-refractivity contribution in [3.8, 4) is 0 Å². The average Bonchev–Trinajstić information content (AvgIpc) is 3.02. The van der Waals surface area contributed by atoms with Crippen molar-refractivity contribution in [2.75, 3.05) is 17.6 Å². The summed E-state index contributed by atoms with van der Waals surface area (Å²) in [5.74, 6) is 3.05. The second-order valence-corrected chi connectivity index (χ2v) is 9.83. The number of rotatable bonds is 2. The van der Waals surface area contributed by atoms with Crippen molar-refractivity contribution >= 4 is 71.0 Å². The summed E-state index contributed by atoms with van der Waals surface area (Å²) in [5, 5.41) is 0. The average molecular weight is 522 g/mol. The smallest absolute Gasteiger partial charge is 1.00 e. The van der Waals surface area contributed by atoms with Crippen molar-refractivity contribution in [2.45, 2.75) is 28.9 Å². The van der Waals surface area contributed by atoms with Crippen LogP contribution >= 0.6 is 71.0 Å². The molecule has 0 aromatic heterocycles. The SMILES string of the molecule is C1C23CC12C3.CBr.ClCC1(CCl)CC1(Br)Br.[CH3-].[Cl-].[Li+].[Li+]. The van der Waals surface area contributed by atoms with Crippen LogP contribution in [0.4, 0.5) is 0 Å². The Morgan fingerprint density at radius 2 is 1.05 bits per heavy atom. The molecular weight excluding hydrogens is 504 g/mol. The molecule has 0 amide bonds. The van der Waals surface area contributed by atoms with Crippen LogP contribution in [0.25, 0.3) is 0 Å². The Balaban J connectivity index is -0.000000228. The molecule has 0 saturated heterocycles. The van der Waals surface area contributed by atoms with Crippen LogP contribution in [-0.2, 0) is 0 Å². The molecule has 4 fully saturated rings. The van der Waals surface area contributed by atoms with Crippen molar-refractivity contribution in [3.05, 3.63) is 7.43 Å². The summed E-state index contributed by atoms with van der Waals surface area (Å²) < 4.78 is 0.0243. The normalized spacial score (nSPS) is 35.7. The summed E-state index contributed by atoms with van der Waals surface area (Å²) in [5.41, 5.74) is 2.22. The molecule has 0 unspecified atom stereocenters. The Hall–Kier alpha value is 3.50. The molecule has 0 spiro atoms. The van der Waals surface area contributed by atoms with Gasteiger partial charge in [-0.05, 0) is 42.3 Å². The zero-order valence-electron chi connectivity index (χ0n) is 12.5. The van der Waals surface area contributed by atoms with Gasteiger partial charge >= 0.3 is 37.7 Å². The van der Waals surface area contributed by atoms with E-state index in [1.807, 2.05) is 5.83 Å². The molecule has 0 nitrogen and oxygen atoms in total. The summed E-state index contributed by atoms with van der Waals surface area (Å²) in [7, 11) is 0. The van der Waals surface area contributed by atoms with Crippen molar-refractivity contribution < 1.29 is 50.1 Å². The first-order chi connectivity index (χ1) is 7.45. The molecule has 8 heteroatoms. The van der Waals surface area contributed by atoms with Gasteiger partial charge in [0.2, 0.25) is 0 Å². The maximum absolute atomic E-state index is 5.70.